The molecule has 110 valence electrons. The molecule has 0 spiro atoms. The number of halogens is 1. The van der Waals surface area contributed by atoms with Gasteiger partial charge in [0, 0.05) is 24.7 Å². The van der Waals surface area contributed by atoms with Gasteiger partial charge in [0.25, 0.3) is 0 Å². The summed E-state index contributed by atoms with van der Waals surface area (Å²) >= 11 is 0. The molecule has 0 aliphatic heterocycles. The molecule has 1 aliphatic carbocycles. The second-order valence-electron chi connectivity index (χ2n) is 5.44. The minimum Gasteiger partial charge on any atom is -0.384 e. The van der Waals surface area contributed by atoms with E-state index in [0.29, 0.717) is 24.7 Å². The average molecular weight is 278 g/mol. The van der Waals surface area contributed by atoms with E-state index >= 15 is 0 Å². The zero-order valence-electron chi connectivity index (χ0n) is 11.8. The maximum atomic E-state index is 13.0. The van der Waals surface area contributed by atoms with Crippen LogP contribution in [0.3, 0.4) is 0 Å². The maximum Gasteiger partial charge on any atom is 0.221 e. The molecule has 20 heavy (non-hydrogen) atoms. The van der Waals surface area contributed by atoms with Crippen LogP contribution in [0.4, 0.5) is 10.1 Å². The molecule has 1 aliphatic rings. The zero-order chi connectivity index (χ0) is 14.2. The number of hydrogen-bond donors (Lipinski definition) is 2. The van der Waals surface area contributed by atoms with Crippen molar-refractivity contribution in [1.82, 2.24) is 5.32 Å². The molecule has 1 aromatic carbocycles. The predicted molar refractivity (Wildman–Crippen MR) is 79.1 cm³/mol. The Kier molecular flexibility index (Phi) is 5.84. The van der Waals surface area contributed by atoms with Crippen molar-refractivity contribution in [1.29, 1.82) is 0 Å². The molecule has 0 aromatic heterocycles. The van der Waals surface area contributed by atoms with Crippen LogP contribution < -0.4 is 10.6 Å². The smallest absolute Gasteiger partial charge is 0.221 e. The number of anilines is 1. The summed E-state index contributed by atoms with van der Waals surface area (Å²) < 4.78 is 13.0. The quantitative estimate of drug-likeness (QED) is 0.810. The lowest BCUT2D eigenvalue weighted by molar-refractivity contribution is -0.121. The Morgan fingerprint density at radius 3 is 2.65 bits per heavy atom. The molecule has 1 fully saturated rings. The van der Waals surface area contributed by atoms with Crippen molar-refractivity contribution in [3.63, 3.8) is 0 Å². The number of benzene rings is 1. The summed E-state index contributed by atoms with van der Waals surface area (Å²) in [5.74, 6) is -0.182. The van der Waals surface area contributed by atoms with E-state index in [1.54, 1.807) is 12.1 Å². The lowest BCUT2D eigenvalue weighted by atomic mass is 10.1. The Bertz CT molecular complexity index is 428. The Morgan fingerprint density at radius 2 is 1.95 bits per heavy atom. The largest absolute Gasteiger partial charge is 0.384 e. The third-order valence-corrected chi connectivity index (χ3v) is 3.73. The monoisotopic (exact) mass is 278 g/mol. The molecule has 0 atom stereocenters. The Hall–Kier alpha value is -1.58. The van der Waals surface area contributed by atoms with Gasteiger partial charge in [-0.05, 0) is 31.0 Å². The fourth-order valence-electron chi connectivity index (χ4n) is 2.64. The van der Waals surface area contributed by atoms with Crippen LogP contribution in [0, 0.1) is 5.82 Å². The normalized spacial score (nSPS) is 16.4. The van der Waals surface area contributed by atoms with E-state index < -0.39 is 0 Å². The SMILES string of the molecule is O=C(CCNc1cccc(F)c1)NC1CCCCCC1. The number of carbonyl (C=O) groups is 1. The topological polar surface area (TPSA) is 41.1 Å². The summed E-state index contributed by atoms with van der Waals surface area (Å²) in [7, 11) is 0. The number of hydrogen-bond acceptors (Lipinski definition) is 2. The fraction of sp³-hybridized carbons (Fsp3) is 0.562. The second-order valence-corrected chi connectivity index (χ2v) is 5.44. The van der Waals surface area contributed by atoms with E-state index in [1.807, 2.05) is 0 Å². The third-order valence-electron chi connectivity index (χ3n) is 3.73. The van der Waals surface area contributed by atoms with Crippen LogP contribution in [0.1, 0.15) is 44.9 Å². The molecule has 1 aromatic rings. The molecule has 2 rings (SSSR count). The van der Waals surface area contributed by atoms with Crippen molar-refractivity contribution in [3.8, 4) is 0 Å². The van der Waals surface area contributed by atoms with Crippen molar-refractivity contribution >= 4 is 11.6 Å². The first-order valence-electron chi connectivity index (χ1n) is 7.53. The highest BCUT2D eigenvalue weighted by Crippen LogP contribution is 2.17. The van der Waals surface area contributed by atoms with E-state index in [0.717, 1.165) is 12.8 Å². The van der Waals surface area contributed by atoms with E-state index in [4.69, 9.17) is 0 Å². The molecule has 2 N–H and O–H groups in total. The highest BCUT2D eigenvalue weighted by Gasteiger charge is 2.14. The highest BCUT2D eigenvalue weighted by atomic mass is 19.1. The van der Waals surface area contributed by atoms with Gasteiger partial charge in [0.05, 0.1) is 0 Å². The van der Waals surface area contributed by atoms with Crippen molar-refractivity contribution in [2.24, 2.45) is 0 Å². The second kappa shape index (κ2) is 7.88. The van der Waals surface area contributed by atoms with Crippen LogP contribution in [0.5, 0.6) is 0 Å². The average Bonchev–Trinajstić information content (AvgIpc) is 2.67. The summed E-state index contributed by atoms with van der Waals surface area (Å²) in [5.41, 5.74) is 0.715. The number of nitrogens with one attached hydrogen (secondary N) is 2. The standard InChI is InChI=1S/C16H23FN2O/c17-13-6-5-9-15(12-13)18-11-10-16(20)19-14-7-3-1-2-4-8-14/h5-6,9,12,14,18H,1-4,7-8,10-11H2,(H,19,20). The van der Waals surface area contributed by atoms with Gasteiger partial charge in [-0.25, -0.2) is 4.39 Å². The highest BCUT2D eigenvalue weighted by molar-refractivity contribution is 5.76. The van der Waals surface area contributed by atoms with Crippen molar-refractivity contribution in [2.45, 2.75) is 51.0 Å². The van der Waals surface area contributed by atoms with Crippen LogP contribution in [-0.2, 0) is 4.79 Å². The summed E-state index contributed by atoms with van der Waals surface area (Å²) in [6.45, 7) is 0.530. The molecule has 0 saturated heterocycles. The van der Waals surface area contributed by atoms with Gasteiger partial charge in [-0.3, -0.25) is 4.79 Å². The number of carbonyl (C=O) groups excluding carboxylic acids is 1. The van der Waals surface area contributed by atoms with Gasteiger partial charge >= 0.3 is 0 Å². The Morgan fingerprint density at radius 1 is 1.20 bits per heavy atom. The van der Waals surface area contributed by atoms with Crippen LogP contribution >= 0.6 is 0 Å². The van der Waals surface area contributed by atoms with Gasteiger partial charge in [0.15, 0.2) is 0 Å². The van der Waals surface area contributed by atoms with Crippen LogP contribution in [0.15, 0.2) is 24.3 Å². The first kappa shape index (κ1) is 14.8. The number of amides is 1. The maximum absolute atomic E-state index is 13.0. The minimum absolute atomic E-state index is 0.0841. The van der Waals surface area contributed by atoms with E-state index in [9.17, 15) is 9.18 Å². The molecular formula is C16H23FN2O. The van der Waals surface area contributed by atoms with Gasteiger partial charge in [-0.15, -0.1) is 0 Å². The van der Waals surface area contributed by atoms with E-state index in [-0.39, 0.29) is 11.7 Å². The van der Waals surface area contributed by atoms with Gasteiger partial charge in [-0.2, -0.15) is 0 Å². The molecule has 4 heteroatoms. The van der Waals surface area contributed by atoms with Crippen LogP contribution in [0.2, 0.25) is 0 Å². The zero-order valence-corrected chi connectivity index (χ0v) is 11.8. The van der Waals surface area contributed by atoms with Crippen molar-refractivity contribution in [2.75, 3.05) is 11.9 Å². The molecule has 3 nitrogen and oxygen atoms in total. The first-order valence-corrected chi connectivity index (χ1v) is 7.53. The summed E-state index contributed by atoms with van der Waals surface area (Å²) in [5, 5.41) is 6.17. The van der Waals surface area contributed by atoms with Crippen LogP contribution in [0.25, 0.3) is 0 Å². The lowest BCUT2D eigenvalue weighted by Crippen LogP contribution is -2.35. The Balaban J connectivity index is 1.67. The Labute approximate surface area is 120 Å². The number of rotatable bonds is 5. The van der Waals surface area contributed by atoms with Gasteiger partial charge < -0.3 is 10.6 Å². The van der Waals surface area contributed by atoms with Gasteiger partial charge in [0.1, 0.15) is 5.82 Å². The molecule has 0 bridgehead atoms. The van der Waals surface area contributed by atoms with Gasteiger partial charge in [-0.1, -0.05) is 31.7 Å². The summed E-state index contributed by atoms with van der Waals surface area (Å²) in [6, 6.07) is 6.64. The fourth-order valence-corrected chi connectivity index (χ4v) is 2.64. The van der Waals surface area contributed by atoms with Crippen molar-refractivity contribution in [3.05, 3.63) is 30.1 Å². The molecular weight excluding hydrogens is 255 g/mol. The van der Waals surface area contributed by atoms with Crippen LogP contribution in [-0.4, -0.2) is 18.5 Å². The van der Waals surface area contributed by atoms with E-state index in [2.05, 4.69) is 10.6 Å². The summed E-state index contributed by atoms with van der Waals surface area (Å²) in [6.07, 6.45) is 7.62. The lowest BCUT2D eigenvalue weighted by Gasteiger charge is -2.16. The molecule has 0 heterocycles. The van der Waals surface area contributed by atoms with E-state index in [1.165, 1.54) is 37.8 Å². The minimum atomic E-state index is -0.266. The first-order chi connectivity index (χ1) is 9.74. The molecule has 0 unspecified atom stereocenters. The third kappa shape index (κ3) is 5.19. The van der Waals surface area contributed by atoms with Crippen molar-refractivity contribution < 1.29 is 9.18 Å². The molecule has 1 amide bonds. The summed E-state index contributed by atoms with van der Waals surface area (Å²) in [4.78, 5) is 11.9. The molecule has 0 radical (unpaired) electrons. The molecule has 1 saturated carbocycles. The predicted octanol–water partition coefficient (Wildman–Crippen LogP) is 3.47. The van der Waals surface area contributed by atoms with Gasteiger partial charge in [0.2, 0.25) is 5.91 Å².